The lowest BCUT2D eigenvalue weighted by Gasteiger charge is -2.04. The maximum Gasteiger partial charge on any atom is 0.326 e. The summed E-state index contributed by atoms with van der Waals surface area (Å²) in [5.41, 5.74) is 7.83. The second-order valence-corrected chi connectivity index (χ2v) is 2.86. The zero-order chi connectivity index (χ0) is 9.30. The van der Waals surface area contributed by atoms with Gasteiger partial charge in [-0.1, -0.05) is 0 Å². The molecule has 0 fully saturated rings. The molecule has 0 aliphatic rings. The van der Waals surface area contributed by atoms with Gasteiger partial charge in [0, 0.05) is 11.4 Å². The van der Waals surface area contributed by atoms with Crippen molar-refractivity contribution in [1.29, 1.82) is 0 Å². The van der Waals surface area contributed by atoms with Gasteiger partial charge in [-0.05, 0) is 25.5 Å². The van der Waals surface area contributed by atoms with Gasteiger partial charge in [-0.3, -0.25) is 4.79 Å². The number of H-pyrrole nitrogens is 1. The molecule has 1 aromatic heterocycles. The molecule has 0 unspecified atom stereocenters. The van der Waals surface area contributed by atoms with Gasteiger partial charge in [-0.15, -0.1) is 0 Å². The smallest absolute Gasteiger partial charge is 0.326 e. The van der Waals surface area contributed by atoms with Crippen molar-refractivity contribution in [2.75, 3.05) is 0 Å². The number of carboxylic acids is 1. The number of aromatic amines is 1. The van der Waals surface area contributed by atoms with Gasteiger partial charge in [-0.25, -0.2) is 0 Å². The molecular formula is C8H12N2O2. The van der Waals surface area contributed by atoms with Crippen molar-refractivity contribution in [1.82, 2.24) is 4.98 Å². The van der Waals surface area contributed by atoms with Gasteiger partial charge in [-0.2, -0.15) is 0 Å². The number of hydrogen-bond acceptors (Lipinski definition) is 2. The van der Waals surface area contributed by atoms with Gasteiger partial charge in [0.1, 0.15) is 6.04 Å². The first-order valence-electron chi connectivity index (χ1n) is 3.67. The Labute approximate surface area is 70.4 Å². The summed E-state index contributed by atoms with van der Waals surface area (Å²) in [5.74, 6) is -1.01. The molecule has 1 rings (SSSR count). The fraction of sp³-hybridized carbons (Fsp3) is 0.375. The lowest BCUT2D eigenvalue weighted by Crippen LogP contribution is -2.21. The van der Waals surface area contributed by atoms with Crippen LogP contribution < -0.4 is 5.73 Å². The Hall–Kier alpha value is -1.29. The van der Waals surface area contributed by atoms with Crippen molar-refractivity contribution < 1.29 is 9.90 Å². The van der Waals surface area contributed by atoms with Crippen molar-refractivity contribution in [3.05, 3.63) is 23.0 Å². The van der Waals surface area contributed by atoms with E-state index in [0.717, 1.165) is 11.3 Å². The van der Waals surface area contributed by atoms with Crippen LogP contribution in [0.25, 0.3) is 0 Å². The Morgan fingerprint density at radius 1 is 1.67 bits per heavy atom. The molecule has 0 amide bonds. The summed E-state index contributed by atoms with van der Waals surface area (Å²) in [6.45, 7) is 3.70. The monoisotopic (exact) mass is 168 g/mol. The number of hydrogen-bond donors (Lipinski definition) is 3. The number of rotatable bonds is 2. The minimum atomic E-state index is -1.01. The van der Waals surface area contributed by atoms with E-state index in [2.05, 4.69) is 4.98 Å². The topological polar surface area (TPSA) is 79.1 Å². The Bertz CT molecular complexity index is 304. The van der Waals surface area contributed by atoms with Gasteiger partial charge in [0.2, 0.25) is 0 Å². The predicted octanol–water partition coefficient (Wildman–Crippen LogP) is 0.716. The maximum absolute atomic E-state index is 10.5. The van der Waals surface area contributed by atoms with E-state index < -0.39 is 12.0 Å². The van der Waals surface area contributed by atoms with E-state index in [-0.39, 0.29) is 0 Å². The lowest BCUT2D eigenvalue weighted by atomic mass is 10.1. The average molecular weight is 168 g/mol. The van der Waals surface area contributed by atoms with Crippen LogP contribution in [0.2, 0.25) is 0 Å². The second kappa shape index (κ2) is 2.98. The van der Waals surface area contributed by atoms with Crippen LogP contribution in [-0.2, 0) is 4.79 Å². The molecule has 12 heavy (non-hydrogen) atoms. The molecule has 0 spiro atoms. The predicted molar refractivity (Wildman–Crippen MR) is 44.8 cm³/mol. The van der Waals surface area contributed by atoms with Crippen molar-refractivity contribution in [3.63, 3.8) is 0 Å². The second-order valence-electron chi connectivity index (χ2n) is 2.86. The van der Waals surface area contributed by atoms with Crippen LogP contribution in [0.1, 0.15) is 23.0 Å². The summed E-state index contributed by atoms with van der Waals surface area (Å²) in [6.07, 6.45) is 0. The first-order chi connectivity index (χ1) is 5.52. The fourth-order valence-corrected chi connectivity index (χ4v) is 1.20. The molecule has 0 bridgehead atoms. The van der Waals surface area contributed by atoms with Crippen molar-refractivity contribution in [3.8, 4) is 0 Å². The highest BCUT2D eigenvalue weighted by Crippen LogP contribution is 2.15. The number of aryl methyl sites for hydroxylation is 2. The van der Waals surface area contributed by atoms with E-state index in [1.54, 1.807) is 0 Å². The molecule has 0 aromatic carbocycles. The first-order valence-corrected chi connectivity index (χ1v) is 3.67. The lowest BCUT2D eigenvalue weighted by molar-refractivity contribution is -0.138. The Kier molecular flexibility index (Phi) is 2.19. The third-order valence-corrected chi connectivity index (χ3v) is 1.77. The number of carbonyl (C=O) groups is 1. The van der Waals surface area contributed by atoms with Crippen LogP contribution in [-0.4, -0.2) is 16.1 Å². The van der Waals surface area contributed by atoms with E-state index >= 15 is 0 Å². The minimum Gasteiger partial charge on any atom is -0.480 e. The molecule has 0 saturated heterocycles. The zero-order valence-corrected chi connectivity index (χ0v) is 7.09. The van der Waals surface area contributed by atoms with E-state index in [4.69, 9.17) is 10.8 Å². The SMILES string of the molecule is Cc1cc(C)c([C@@H](N)C(=O)O)[nH]1. The number of carboxylic acid groups (broad SMARTS) is 1. The molecule has 0 saturated carbocycles. The molecular weight excluding hydrogens is 156 g/mol. The first kappa shape index (κ1) is 8.80. The van der Waals surface area contributed by atoms with Gasteiger partial charge in [0.15, 0.2) is 0 Å². The highest BCUT2D eigenvalue weighted by molar-refractivity contribution is 5.75. The summed E-state index contributed by atoms with van der Waals surface area (Å²) in [7, 11) is 0. The molecule has 4 N–H and O–H groups in total. The molecule has 0 aliphatic heterocycles. The Morgan fingerprint density at radius 3 is 2.58 bits per heavy atom. The van der Waals surface area contributed by atoms with Gasteiger partial charge in [0.25, 0.3) is 0 Å². The zero-order valence-electron chi connectivity index (χ0n) is 7.09. The Morgan fingerprint density at radius 2 is 2.25 bits per heavy atom. The van der Waals surface area contributed by atoms with Crippen LogP contribution in [0, 0.1) is 13.8 Å². The van der Waals surface area contributed by atoms with E-state index in [9.17, 15) is 4.79 Å². The average Bonchev–Trinajstić information content (AvgIpc) is 2.28. The molecule has 1 atom stereocenters. The maximum atomic E-state index is 10.5. The fourth-order valence-electron chi connectivity index (χ4n) is 1.20. The molecule has 4 nitrogen and oxygen atoms in total. The summed E-state index contributed by atoms with van der Waals surface area (Å²) >= 11 is 0. The van der Waals surface area contributed by atoms with E-state index in [1.165, 1.54) is 0 Å². The van der Waals surface area contributed by atoms with E-state index in [1.807, 2.05) is 19.9 Å². The number of nitrogens with two attached hydrogens (primary N) is 1. The van der Waals surface area contributed by atoms with Crippen LogP contribution >= 0.6 is 0 Å². The highest BCUT2D eigenvalue weighted by Gasteiger charge is 2.17. The van der Waals surface area contributed by atoms with Gasteiger partial charge >= 0.3 is 5.97 Å². The van der Waals surface area contributed by atoms with Crippen molar-refractivity contribution in [2.45, 2.75) is 19.9 Å². The van der Waals surface area contributed by atoms with Crippen LogP contribution in [0.3, 0.4) is 0 Å². The summed E-state index contributed by atoms with van der Waals surface area (Å²) in [6, 6.07) is 0.927. The number of aliphatic carboxylic acids is 1. The van der Waals surface area contributed by atoms with Crippen molar-refractivity contribution >= 4 is 5.97 Å². The molecule has 1 heterocycles. The van der Waals surface area contributed by atoms with Gasteiger partial charge in [0.05, 0.1) is 0 Å². The standard InChI is InChI=1S/C8H12N2O2/c1-4-3-5(2)10-7(4)6(9)8(11)12/h3,6,10H,9H2,1-2H3,(H,11,12)/t6-/m1/s1. The molecule has 4 heteroatoms. The number of nitrogens with one attached hydrogen (secondary N) is 1. The quantitative estimate of drug-likeness (QED) is 0.608. The highest BCUT2D eigenvalue weighted by atomic mass is 16.4. The molecule has 0 aliphatic carbocycles. The Balaban J connectivity index is 3.02. The normalized spacial score (nSPS) is 12.9. The van der Waals surface area contributed by atoms with Crippen molar-refractivity contribution in [2.24, 2.45) is 5.73 Å². The third kappa shape index (κ3) is 1.48. The largest absolute Gasteiger partial charge is 0.480 e. The minimum absolute atomic E-state index is 0.583. The third-order valence-electron chi connectivity index (χ3n) is 1.77. The summed E-state index contributed by atoms with van der Waals surface area (Å²) < 4.78 is 0. The van der Waals surface area contributed by atoms with Gasteiger partial charge < -0.3 is 15.8 Å². The molecule has 66 valence electrons. The van der Waals surface area contributed by atoms with Crippen LogP contribution in [0.5, 0.6) is 0 Å². The number of aromatic nitrogens is 1. The summed E-state index contributed by atoms with van der Waals surface area (Å²) in [5, 5.41) is 8.62. The van der Waals surface area contributed by atoms with E-state index in [0.29, 0.717) is 5.69 Å². The molecule has 0 radical (unpaired) electrons. The van der Waals surface area contributed by atoms with Crippen LogP contribution in [0.4, 0.5) is 0 Å². The van der Waals surface area contributed by atoms with Crippen LogP contribution in [0.15, 0.2) is 6.07 Å². The summed E-state index contributed by atoms with van der Waals surface area (Å²) in [4.78, 5) is 13.4. The molecule has 1 aromatic rings.